The molecular formula is C30H31BrN4O5. The van der Waals surface area contributed by atoms with Gasteiger partial charge in [-0.05, 0) is 70.7 Å². The summed E-state index contributed by atoms with van der Waals surface area (Å²) >= 11 is 3.49. The Balaban J connectivity index is 1.35. The van der Waals surface area contributed by atoms with E-state index in [1.165, 1.54) is 0 Å². The summed E-state index contributed by atoms with van der Waals surface area (Å²) < 4.78 is 13.3. The van der Waals surface area contributed by atoms with Crippen molar-refractivity contribution in [2.75, 3.05) is 56.7 Å². The third-order valence-corrected chi connectivity index (χ3v) is 8.72. The fourth-order valence-electron chi connectivity index (χ4n) is 6.08. The smallest absolute Gasteiger partial charge is 0.257 e. The lowest BCUT2D eigenvalue weighted by molar-refractivity contribution is 0.0303. The van der Waals surface area contributed by atoms with Gasteiger partial charge in [-0.15, -0.1) is 0 Å². The molecule has 0 radical (unpaired) electrons. The summed E-state index contributed by atoms with van der Waals surface area (Å²) in [6.45, 7) is 4.23. The molecule has 3 aliphatic heterocycles. The third kappa shape index (κ3) is 5.13. The van der Waals surface area contributed by atoms with Crippen molar-refractivity contribution in [2.45, 2.75) is 18.9 Å². The highest BCUT2D eigenvalue weighted by molar-refractivity contribution is 9.10. The molecular weight excluding hydrogens is 576 g/mol. The van der Waals surface area contributed by atoms with Crippen LogP contribution in [0.2, 0.25) is 0 Å². The zero-order valence-electron chi connectivity index (χ0n) is 22.3. The van der Waals surface area contributed by atoms with Crippen LogP contribution < -0.4 is 20.5 Å². The van der Waals surface area contributed by atoms with E-state index in [1.54, 1.807) is 42.3 Å². The van der Waals surface area contributed by atoms with Crippen molar-refractivity contribution >= 4 is 39.1 Å². The molecule has 2 fully saturated rings. The number of halogens is 1. The molecule has 0 aliphatic carbocycles. The maximum absolute atomic E-state index is 13.6. The highest BCUT2D eigenvalue weighted by Gasteiger charge is 2.35. The maximum Gasteiger partial charge on any atom is 0.257 e. The van der Waals surface area contributed by atoms with Crippen molar-refractivity contribution in [3.8, 4) is 5.75 Å². The van der Waals surface area contributed by atoms with Crippen LogP contribution in [0.25, 0.3) is 0 Å². The molecule has 1 aromatic heterocycles. The largest absolute Gasteiger partial charge is 0.497 e. The van der Waals surface area contributed by atoms with Crippen LogP contribution in [0.3, 0.4) is 0 Å². The Labute approximate surface area is 240 Å². The lowest BCUT2D eigenvalue weighted by Gasteiger charge is -2.44. The molecule has 6 rings (SSSR count). The van der Waals surface area contributed by atoms with Crippen molar-refractivity contribution in [1.29, 1.82) is 0 Å². The Kier molecular flexibility index (Phi) is 7.37. The van der Waals surface area contributed by atoms with E-state index in [4.69, 9.17) is 9.47 Å². The molecule has 1 N–H and O–H groups in total. The monoisotopic (exact) mass is 606 g/mol. The first-order valence-corrected chi connectivity index (χ1v) is 14.3. The highest BCUT2D eigenvalue weighted by atomic mass is 79.9. The average molecular weight is 608 g/mol. The number of hydrogen-bond acceptors (Lipinski definition) is 6. The zero-order chi connectivity index (χ0) is 27.8. The summed E-state index contributed by atoms with van der Waals surface area (Å²) in [4.78, 5) is 43.5. The van der Waals surface area contributed by atoms with Gasteiger partial charge in [0.05, 0.1) is 37.3 Å². The molecule has 4 heterocycles. The Morgan fingerprint density at radius 2 is 1.85 bits per heavy atom. The topological polar surface area (TPSA) is 93.1 Å². The van der Waals surface area contributed by atoms with E-state index in [0.717, 1.165) is 24.3 Å². The van der Waals surface area contributed by atoms with Crippen LogP contribution in [0, 0.1) is 5.92 Å². The minimum atomic E-state index is -0.308. The number of methoxy groups -OCH3 is 1. The number of benzene rings is 2. The predicted molar refractivity (Wildman–Crippen MR) is 156 cm³/mol. The highest BCUT2D eigenvalue weighted by Crippen LogP contribution is 2.39. The van der Waals surface area contributed by atoms with Gasteiger partial charge in [0, 0.05) is 60.4 Å². The van der Waals surface area contributed by atoms with Gasteiger partial charge in [0.1, 0.15) is 5.75 Å². The van der Waals surface area contributed by atoms with Gasteiger partial charge in [0.15, 0.2) is 0 Å². The van der Waals surface area contributed by atoms with Gasteiger partial charge in [-0.1, -0.05) is 6.07 Å². The van der Waals surface area contributed by atoms with Gasteiger partial charge in [-0.2, -0.15) is 0 Å². The summed E-state index contributed by atoms with van der Waals surface area (Å²) in [6.07, 6.45) is 1.02. The number of amides is 2. The number of anilines is 2. The van der Waals surface area contributed by atoms with Crippen LogP contribution >= 0.6 is 15.9 Å². The fourth-order valence-corrected chi connectivity index (χ4v) is 6.51. The van der Waals surface area contributed by atoms with Gasteiger partial charge in [0.25, 0.3) is 17.4 Å². The van der Waals surface area contributed by atoms with Crippen LogP contribution in [0.4, 0.5) is 11.4 Å². The van der Waals surface area contributed by atoms with E-state index in [-0.39, 0.29) is 23.3 Å². The number of aromatic nitrogens is 1. The molecule has 10 heteroatoms. The second-order valence-corrected chi connectivity index (χ2v) is 11.4. The number of carbonyl (C=O) groups is 2. The maximum atomic E-state index is 13.6. The van der Waals surface area contributed by atoms with Gasteiger partial charge < -0.3 is 29.2 Å². The van der Waals surface area contributed by atoms with E-state index < -0.39 is 0 Å². The number of nitrogens with one attached hydrogen (secondary N) is 1. The molecule has 40 heavy (non-hydrogen) atoms. The average Bonchev–Trinajstić information content (AvgIpc) is 2.98. The number of nitrogens with zero attached hydrogens (tertiary/aromatic N) is 3. The number of rotatable bonds is 5. The van der Waals surface area contributed by atoms with Gasteiger partial charge in [-0.25, -0.2) is 0 Å². The lowest BCUT2D eigenvalue weighted by atomic mass is 9.83. The van der Waals surface area contributed by atoms with Crippen LogP contribution in [0.1, 0.15) is 38.7 Å². The quantitative estimate of drug-likeness (QED) is 0.472. The minimum Gasteiger partial charge on any atom is -0.497 e. The van der Waals surface area contributed by atoms with E-state index >= 15 is 0 Å². The summed E-state index contributed by atoms with van der Waals surface area (Å²) in [5.74, 6) is 0.681. The minimum absolute atomic E-state index is 0.0449. The van der Waals surface area contributed by atoms with Crippen LogP contribution in [-0.2, 0) is 11.3 Å². The zero-order valence-corrected chi connectivity index (χ0v) is 23.9. The van der Waals surface area contributed by atoms with Crippen LogP contribution in [0.15, 0.2) is 63.9 Å². The Hall–Kier alpha value is -3.63. The molecule has 2 saturated heterocycles. The second-order valence-electron chi connectivity index (χ2n) is 10.5. The third-order valence-electron chi connectivity index (χ3n) is 8.03. The number of carbonyl (C=O) groups excluding carboxylic acids is 2. The molecule has 2 bridgehead atoms. The molecule has 3 aromatic rings. The number of piperidine rings is 1. The first-order chi connectivity index (χ1) is 19.4. The first-order valence-electron chi connectivity index (χ1n) is 13.5. The van der Waals surface area contributed by atoms with Crippen molar-refractivity contribution in [3.63, 3.8) is 0 Å². The van der Waals surface area contributed by atoms with Crippen LogP contribution in [0.5, 0.6) is 5.75 Å². The first kappa shape index (κ1) is 26.6. The normalized spacial score (nSPS) is 20.1. The molecule has 2 atom stereocenters. The summed E-state index contributed by atoms with van der Waals surface area (Å²) in [7, 11) is 1.56. The number of fused-ring (bicyclic) bond motifs is 4. The van der Waals surface area contributed by atoms with Crippen molar-refractivity contribution in [1.82, 2.24) is 9.47 Å². The number of morpholine rings is 1. The van der Waals surface area contributed by atoms with E-state index in [2.05, 4.69) is 26.1 Å². The molecule has 0 saturated carbocycles. The fraction of sp³-hybridized carbons (Fsp3) is 0.367. The molecule has 2 amide bonds. The van der Waals surface area contributed by atoms with Gasteiger partial charge >= 0.3 is 0 Å². The van der Waals surface area contributed by atoms with Gasteiger partial charge in [-0.3, -0.25) is 14.4 Å². The standard InChI is InChI=1S/C30H31BrN4O5/c1-39-22-6-7-24(31)23(15-22)29(37)32-25-14-20(30(38)33-9-11-40-12-10-33)5-8-27(25)34-16-19-13-21(18-34)26-3-2-4-28(36)35(26)17-19/h2-8,14-15,19,21H,9-13,16-18H2,1H3,(H,32,37). The molecule has 9 nitrogen and oxygen atoms in total. The number of ether oxygens (including phenoxy) is 2. The van der Waals surface area contributed by atoms with E-state index in [1.807, 2.05) is 28.8 Å². The Morgan fingerprint density at radius 3 is 2.65 bits per heavy atom. The van der Waals surface area contributed by atoms with Gasteiger partial charge in [0.2, 0.25) is 0 Å². The van der Waals surface area contributed by atoms with Crippen LogP contribution in [-0.4, -0.2) is 67.8 Å². The molecule has 0 spiro atoms. The van der Waals surface area contributed by atoms with E-state index in [9.17, 15) is 14.4 Å². The molecule has 3 aliphatic rings. The number of hydrogen-bond donors (Lipinski definition) is 1. The van der Waals surface area contributed by atoms with E-state index in [0.29, 0.717) is 72.3 Å². The molecule has 2 unspecified atom stereocenters. The molecule has 2 aromatic carbocycles. The summed E-state index contributed by atoms with van der Waals surface area (Å²) in [6, 6.07) is 16.3. The summed E-state index contributed by atoms with van der Waals surface area (Å²) in [5.41, 5.74) is 3.47. The van der Waals surface area contributed by atoms with Crippen molar-refractivity contribution in [3.05, 3.63) is 86.2 Å². The summed E-state index contributed by atoms with van der Waals surface area (Å²) in [5, 5.41) is 3.09. The number of pyridine rings is 1. The molecule has 208 valence electrons. The second kappa shape index (κ2) is 11.1. The predicted octanol–water partition coefficient (Wildman–Crippen LogP) is 3.97. The van der Waals surface area contributed by atoms with Crippen molar-refractivity contribution < 1.29 is 19.1 Å². The Morgan fingerprint density at radius 1 is 1.02 bits per heavy atom. The SMILES string of the molecule is COc1ccc(Br)c(C(=O)Nc2cc(C(=O)N3CCOCC3)ccc2N2CC3CC(C2)c2cccc(=O)n2C3)c1. The Bertz CT molecular complexity index is 1520. The van der Waals surface area contributed by atoms with Crippen molar-refractivity contribution in [2.24, 2.45) is 5.92 Å². The lowest BCUT2D eigenvalue weighted by Crippen LogP contribution is -2.47.